The molecule has 0 amide bonds. The normalized spacial score (nSPS) is 17.8. The monoisotopic (exact) mass is 345 g/mol. The number of benzene rings is 2. The summed E-state index contributed by atoms with van der Waals surface area (Å²) in [4.78, 5) is 0. The zero-order valence-electron chi connectivity index (χ0n) is 13.4. The molecule has 3 aromatic rings. The van der Waals surface area contributed by atoms with Crippen LogP contribution in [0.4, 0.5) is 8.78 Å². The molecule has 2 aromatic carbocycles. The maximum Gasteiger partial charge on any atom is 0.241 e. The second kappa shape index (κ2) is 6.78. The summed E-state index contributed by atoms with van der Waals surface area (Å²) in [6.45, 7) is 2.40. The van der Waals surface area contributed by atoms with Gasteiger partial charge in [0.2, 0.25) is 5.88 Å². The van der Waals surface area contributed by atoms with E-state index in [1.165, 1.54) is 22.9 Å². The van der Waals surface area contributed by atoms with Crippen molar-refractivity contribution in [1.29, 1.82) is 0 Å². The van der Waals surface area contributed by atoms with Crippen molar-refractivity contribution in [2.75, 3.05) is 26.3 Å². The summed E-state index contributed by atoms with van der Waals surface area (Å²) in [5.74, 6) is -0.560. The summed E-state index contributed by atoms with van der Waals surface area (Å²) < 4.78 is 40.7. The van der Waals surface area contributed by atoms with Crippen LogP contribution in [-0.2, 0) is 4.74 Å². The fourth-order valence-electron chi connectivity index (χ4n) is 2.88. The number of aromatic nitrogens is 2. The zero-order chi connectivity index (χ0) is 17.2. The average molecular weight is 345 g/mol. The zero-order valence-corrected chi connectivity index (χ0v) is 13.4. The molecule has 1 N–H and O–H groups in total. The lowest BCUT2D eigenvalue weighted by atomic mass is 10.2. The van der Waals surface area contributed by atoms with E-state index in [1.54, 1.807) is 24.3 Å². The van der Waals surface area contributed by atoms with Crippen molar-refractivity contribution in [2.24, 2.45) is 0 Å². The van der Waals surface area contributed by atoms with Crippen molar-refractivity contribution >= 4 is 10.9 Å². The van der Waals surface area contributed by atoms with Crippen molar-refractivity contribution in [3.8, 4) is 11.6 Å². The lowest BCUT2D eigenvalue weighted by molar-refractivity contribution is -0.000509. The number of para-hydroxylation sites is 1. The van der Waals surface area contributed by atoms with Crippen LogP contribution in [0.3, 0.4) is 0 Å². The molecule has 1 aromatic heterocycles. The Kier molecular flexibility index (Phi) is 4.33. The van der Waals surface area contributed by atoms with Crippen molar-refractivity contribution in [1.82, 2.24) is 15.1 Å². The van der Waals surface area contributed by atoms with E-state index in [2.05, 4.69) is 10.4 Å². The van der Waals surface area contributed by atoms with Gasteiger partial charge in [0.05, 0.1) is 17.5 Å². The number of hydrogen-bond donors (Lipinski definition) is 1. The second-order valence-electron chi connectivity index (χ2n) is 5.84. The SMILES string of the molecule is Fc1ccc2c(c1)c(OC[C@@H]1CNCCO1)nn2-c1ccccc1F. The van der Waals surface area contributed by atoms with Crippen LogP contribution in [-0.4, -0.2) is 42.2 Å². The molecule has 1 atom stereocenters. The van der Waals surface area contributed by atoms with Crippen molar-refractivity contribution < 1.29 is 18.3 Å². The first kappa shape index (κ1) is 16.0. The Morgan fingerprint density at radius 3 is 2.92 bits per heavy atom. The third kappa shape index (κ3) is 3.20. The van der Waals surface area contributed by atoms with E-state index < -0.39 is 11.6 Å². The molecule has 0 bridgehead atoms. The summed E-state index contributed by atoms with van der Waals surface area (Å²) in [5.41, 5.74) is 0.855. The quantitative estimate of drug-likeness (QED) is 0.790. The highest BCUT2D eigenvalue weighted by atomic mass is 19.1. The number of morpholine rings is 1. The smallest absolute Gasteiger partial charge is 0.241 e. The molecule has 5 nitrogen and oxygen atoms in total. The van der Waals surface area contributed by atoms with Gasteiger partial charge in [-0.15, -0.1) is 5.10 Å². The number of nitrogens with zero attached hydrogens (tertiary/aromatic N) is 2. The highest BCUT2D eigenvalue weighted by molar-refractivity contribution is 5.86. The third-order valence-corrected chi connectivity index (χ3v) is 4.10. The summed E-state index contributed by atoms with van der Waals surface area (Å²) >= 11 is 0. The topological polar surface area (TPSA) is 48.3 Å². The first-order valence-electron chi connectivity index (χ1n) is 8.10. The van der Waals surface area contributed by atoms with Gasteiger partial charge in [-0.05, 0) is 30.3 Å². The van der Waals surface area contributed by atoms with Gasteiger partial charge >= 0.3 is 0 Å². The van der Waals surface area contributed by atoms with Gasteiger partial charge in [-0.2, -0.15) is 0 Å². The van der Waals surface area contributed by atoms with Gasteiger partial charge in [0, 0.05) is 13.1 Å². The number of halogens is 2. The van der Waals surface area contributed by atoms with Gasteiger partial charge < -0.3 is 14.8 Å². The van der Waals surface area contributed by atoms with Crippen LogP contribution in [0.15, 0.2) is 42.5 Å². The van der Waals surface area contributed by atoms with Crippen LogP contribution in [0.25, 0.3) is 16.6 Å². The molecule has 0 spiro atoms. The molecule has 1 fully saturated rings. The standard InChI is InChI=1S/C18H17F2N3O2/c19-12-5-6-16-14(9-12)18(25-11-13-10-21-7-8-24-13)22-23(16)17-4-2-1-3-15(17)20/h1-6,9,13,21H,7-8,10-11H2/t13-/m0/s1. The number of hydrogen-bond acceptors (Lipinski definition) is 4. The van der Waals surface area contributed by atoms with E-state index in [1.807, 2.05) is 0 Å². The molecule has 0 unspecified atom stereocenters. The van der Waals surface area contributed by atoms with Gasteiger partial charge in [0.15, 0.2) is 0 Å². The minimum absolute atomic E-state index is 0.101. The first-order chi connectivity index (χ1) is 12.2. The molecule has 1 aliphatic rings. The Labute approximate surface area is 143 Å². The molecule has 1 aliphatic heterocycles. The third-order valence-electron chi connectivity index (χ3n) is 4.10. The van der Waals surface area contributed by atoms with Crippen LogP contribution in [0.1, 0.15) is 0 Å². The predicted octanol–water partition coefficient (Wildman–Crippen LogP) is 2.67. The van der Waals surface area contributed by atoms with Crippen molar-refractivity contribution in [3.05, 3.63) is 54.1 Å². The molecule has 2 heterocycles. The fraction of sp³-hybridized carbons (Fsp3) is 0.278. The summed E-state index contributed by atoms with van der Waals surface area (Å²) in [5, 5.41) is 8.07. The Bertz CT molecular complexity index is 891. The van der Waals surface area contributed by atoms with E-state index in [-0.39, 0.29) is 24.3 Å². The number of ether oxygens (including phenoxy) is 2. The lowest BCUT2D eigenvalue weighted by Gasteiger charge is -2.23. The first-order valence-corrected chi connectivity index (χ1v) is 8.10. The molecule has 7 heteroatoms. The van der Waals surface area contributed by atoms with Crippen LogP contribution in [0.5, 0.6) is 5.88 Å². The van der Waals surface area contributed by atoms with E-state index in [4.69, 9.17) is 9.47 Å². The number of fused-ring (bicyclic) bond motifs is 1. The largest absolute Gasteiger partial charge is 0.473 e. The van der Waals surface area contributed by atoms with Crippen LogP contribution < -0.4 is 10.1 Å². The Balaban J connectivity index is 1.71. The molecule has 25 heavy (non-hydrogen) atoms. The average Bonchev–Trinajstić information content (AvgIpc) is 2.99. The maximum absolute atomic E-state index is 14.2. The lowest BCUT2D eigenvalue weighted by Crippen LogP contribution is -2.41. The predicted molar refractivity (Wildman–Crippen MR) is 89.1 cm³/mol. The molecule has 0 aliphatic carbocycles. The summed E-state index contributed by atoms with van der Waals surface area (Å²) in [6.07, 6.45) is -0.101. The Morgan fingerprint density at radius 1 is 1.24 bits per heavy atom. The molecule has 1 saturated heterocycles. The Morgan fingerprint density at radius 2 is 2.12 bits per heavy atom. The summed E-state index contributed by atoms with van der Waals surface area (Å²) in [7, 11) is 0. The molecular weight excluding hydrogens is 328 g/mol. The number of nitrogens with one attached hydrogen (secondary N) is 1. The number of rotatable bonds is 4. The van der Waals surface area contributed by atoms with Gasteiger partial charge in [0.1, 0.15) is 30.0 Å². The van der Waals surface area contributed by atoms with E-state index >= 15 is 0 Å². The van der Waals surface area contributed by atoms with Crippen LogP contribution in [0.2, 0.25) is 0 Å². The minimum atomic E-state index is -0.414. The second-order valence-corrected chi connectivity index (χ2v) is 5.84. The molecular formula is C18H17F2N3O2. The Hall–Kier alpha value is -2.51. The van der Waals surface area contributed by atoms with Crippen LogP contribution in [0, 0.1) is 11.6 Å². The van der Waals surface area contributed by atoms with Crippen molar-refractivity contribution in [3.63, 3.8) is 0 Å². The van der Waals surface area contributed by atoms with Crippen LogP contribution >= 0.6 is 0 Å². The van der Waals surface area contributed by atoms with Crippen molar-refractivity contribution in [2.45, 2.75) is 6.10 Å². The van der Waals surface area contributed by atoms with Gasteiger partial charge in [-0.1, -0.05) is 12.1 Å². The van der Waals surface area contributed by atoms with E-state index in [9.17, 15) is 8.78 Å². The molecule has 0 radical (unpaired) electrons. The maximum atomic E-state index is 14.2. The summed E-state index contributed by atoms with van der Waals surface area (Å²) in [6, 6.07) is 10.5. The molecule has 4 rings (SSSR count). The fourth-order valence-corrected chi connectivity index (χ4v) is 2.88. The van der Waals surface area contributed by atoms with Gasteiger partial charge in [-0.25, -0.2) is 13.5 Å². The minimum Gasteiger partial charge on any atom is -0.473 e. The molecule has 0 saturated carbocycles. The van der Waals surface area contributed by atoms with E-state index in [0.717, 1.165) is 6.54 Å². The highest BCUT2D eigenvalue weighted by Gasteiger charge is 2.19. The van der Waals surface area contributed by atoms with Gasteiger partial charge in [-0.3, -0.25) is 0 Å². The highest BCUT2D eigenvalue weighted by Crippen LogP contribution is 2.29. The van der Waals surface area contributed by atoms with Gasteiger partial charge in [0.25, 0.3) is 0 Å². The molecule has 130 valence electrons. The van der Waals surface area contributed by atoms with E-state index in [0.29, 0.717) is 24.1 Å².